The lowest BCUT2D eigenvalue weighted by atomic mass is 10.2. The van der Waals surface area contributed by atoms with Gasteiger partial charge in [0, 0.05) is 17.8 Å². The highest BCUT2D eigenvalue weighted by Crippen LogP contribution is 2.26. The molecule has 1 N–H and O–H groups in total. The molecule has 37 heavy (non-hydrogen) atoms. The van der Waals surface area contributed by atoms with Crippen LogP contribution in [-0.2, 0) is 0 Å². The molecule has 6 rings (SSSR count). The third-order valence-corrected chi connectivity index (χ3v) is 6.90. The number of fused-ring (bicyclic) bond motifs is 3. The average molecular weight is 515 g/mol. The second-order valence-electron chi connectivity index (χ2n) is 9.64. The highest BCUT2D eigenvalue weighted by atomic mass is 32.1. The molecule has 0 amide bonds. The SMILES string of the molecule is C.CC(C)c1nc2ccccc2[nH]1.CC(C)c1nc2ccccc2o1.CC(C)c1nc2ccccc2s1. The van der Waals surface area contributed by atoms with E-state index in [9.17, 15) is 0 Å². The minimum Gasteiger partial charge on any atom is -0.440 e. The Bertz CT molecular complexity index is 1260. The average Bonchev–Trinajstić information content (AvgIpc) is 3.61. The topological polar surface area (TPSA) is 67.6 Å². The zero-order chi connectivity index (χ0) is 25.7. The molecule has 3 aromatic heterocycles. The van der Waals surface area contributed by atoms with E-state index in [0.29, 0.717) is 17.8 Å². The van der Waals surface area contributed by atoms with Crippen molar-refractivity contribution in [1.29, 1.82) is 0 Å². The van der Waals surface area contributed by atoms with Crippen molar-refractivity contribution in [2.75, 3.05) is 0 Å². The number of hydrogen-bond acceptors (Lipinski definition) is 5. The molecule has 0 bridgehead atoms. The van der Waals surface area contributed by atoms with Crippen LogP contribution in [0, 0.1) is 0 Å². The quantitative estimate of drug-likeness (QED) is 0.255. The summed E-state index contributed by atoms with van der Waals surface area (Å²) in [7, 11) is 0. The van der Waals surface area contributed by atoms with Gasteiger partial charge in [0.05, 0.1) is 26.3 Å². The molecule has 5 nitrogen and oxygen atoms in total. The van der Waals surface area contributed by atoms with Gasteiger partial charge in [0.1, 0.15) is 11.3 Å². The Morgan fingerprint density at radius 1 is 0.649 bits per heavy atom. The van der Waals surface area contributed by atoms with Crippen LogP contribution in [0.2, 0.25) is 0 Å². The Balaban J connectivity index is 0.000000152. The van der Waals surface area contributed by atoms with Crippen LogP contribution >= 0.6 is 11.3 Å². The van der Waals surface area contributed by atoms with Gasteiger partial charge in [-0.05, 0) is 36.4 Å². The molecule has 0 saturated carbocycles. The molecule has 3 heterocycles. The van der Waals surface area contributed by atoms with Crippen molar-refractivity contribution in [3.05, 3.63) is 89.5 Å². The summed E-state index contributed by atoms with van der Waals surface area (Å²) >= 11 is 1.79. The third kappa shape index (κ3) is 7.04. The van der Waals surface area contributed by atoms with Crippen LogP contribution in [0.1, 0.15) is 83.4 Å². The van der Waals surface area contributed by atoms with Gasteiger partial charge in [-0.3, -0.25) is 0 Å². The van der Waals surface area contributed by atoms with Crippen molar-refractivity contribution in [3.8, 4) is 0 Å². The number of oxazole rings is 1. The van der Waals surface area contributed by atoms with Crippen LogP contribution in [0.5, 0.6) is 0 Å². The van der Waals surface area contributed by atoms with Crippen LogP contribution in [0.15, 0.2) is 77.2 Å². The second-order valence-corrected chi connectivity index (χ2v) is 10.7. The molecule has 6 heteroatoms. The minimum absolute atomic E-state index is 0. The summed E-state index contributed by atoms with van der Waals surface area (Å²) in [5, 5.41) is 1.23. The van der Waals surface area contributed by atoms with Gasteiger partial charge in [-0.2, -0.15) is 0 Å². The summed E-state index contributed by atoms with van der Waals surface area (Å²) in [6, 6.07) is 24.2. The van der Waals surface area contributed by atoms with Crippen molar-refractivity contribution in [1.82, 2.24) is 19.9 Å². The summed E-state index contributed by atoms with van der Waals surface area (Å²) in [4.78, 5) is 16.6. The van der Waals surface area contributed by atoms with E-state index < -0.39 is 0 Å². The first kappa shape index (κ1) is 28.1. The molecule has 0 aliphatic rings. The van der Waals surface area contributed by atoms with Gasteiger partial charge in [0.2, 0.25) is 0 Å². The van der Waals surface area contributed by atoms with E-state index in [1.54, 1.807) is 11.3 Å². The van der Waals surface area contributed by atoms with Crippen LogP contribution in [0.4, 0.5) is 0 Å². The molecule has 6 aromatic rings. The minimum atomic E-state index is 0. The largest absolute Gasteiger partial charge is 0.440 e. The van der Waals surface area contributed by atoms with Gasteiger partial charge < -0.3 is 9.40 Å². The fourth-order valence-corrected chi connectivity index (χ4v) is 4.49. The standard InChI is InChI=1S/C10H12N2.C10H11NO.C10H11NS.CH4/c3*1-7(2)10-11-8-5-3-4-6-9(8)12-10;/h3-7H,1-2H3,(H,11,12);2*3-7H,1-2H3;1H4. The molecule has 0 unspecified atom stereocenters. The van der Waals surface area contributed by atoms with Gasteiger partial charge in [0.25, 0.3) is 0 Å². The zero-order valence-electron chi connectivity index (χ0n) is 21.8. The number of hydrogen-bond donors (Lipinski definition) is 1. The Labute approximate surface area is 224 Å². The first-order valence-corrected chi connectivity index (χ1v) is 13.3. The van der Waals surface area contributed by atoms with Gasteiger partial charge in [0.15, 0.2) is 11.5 Å². The Hall–Kier alpha value is -3.51. The van der Waals surface area contributed by atoms with E-state index in [4.69, 9.17) is 4.42 Å². The van der Waals surface area contributed by atoms with Crippen molar-refractivity contribution in [3.63, 3.8) is 0 Å². The second kappa shape index (κ2) is 12.6. The normalized spacial score (nSPS) is 10.9. The van der Waals surface area contributed by atoms with E-state index in [1.165, 1.54) is 9.71 Å². The number of aromatic nitrogens is 4. The highest BCUT2D eigenvalue weighted by Gasteiger charge is 2.08. The molecule has 0 saturated heterocycles. The van der Waals surface area contributed by atoms with E-state index in [-0.39, 0.29) is 7.43 Å². The number of aromatic amines is 1. The molecule has 0 aliphatic heterocycles. The molecule has 0 aliphatic carbocycles. The first-order valence-electron chi connectivity index (χ1n) is 12.5. The molecule has 0 atom stereocenters. The van der Waals surface area contributed by atoms with Crippen LogP contribution < -0.4 is 0 Å². The number of benzene rings is 3. The molecule has 0 radical (unpaired) electrons. The molecule has 0 fully saturated rings. The van der Waals surface area contributed by atoms with E-state index in [0.717, 1.165) is 39.4 Å². The predicted octanol–water partition coefficient (Wildman–Crippen LogP) is 9.69. The van der Waals surface area contributed by atoms with Gasteiger partial charge in [-0.25, -0.2) is 15.0 Å². The van der Waals surface area contributed by atoms with Crippen LogP contribution in [0.25, 0.3) is 32.3 Å². The summed E-state index contributed by atoms with van der Waals surface area (Å²) in [5.41, 5.74) is 5.14. The van der Waals surface area contributed by atoms with Gasteiger partial charge in [-0.1, -0.05) is 85.4 Å². The number of thiazole rings is 1. The van der Waals surface area contributed by atoms with E-state index in [1.807, 2.05) is 54.6 Å². The Morgan fingerprint density at radius 3 is 1.86 bits per heavy atom. The molecular formula is C31H38N4OS. The lowest BCUT2D eigenvalue weighted by molar-refractivity contribution is 0.501. The van der Waals surface area contributed by atoms with Gasteiger partial charge >= 0.3 is 0 Å². The van der Waals surface area contributed by atoms with Crippen molar-refractivity contribution in [2.45, 2.75) is 66.7 Å². The van der Waals surface area contributed by atoms with Crippen molar-refractivity contribution < 1.29 is 4.42 Å². The van der Waals surface area contributed by atoms with Crippen molar-refractivity contribution >= 4 is 43.7 Å². The maximum Gasteiger partial charge on any atom is 0.198 e. The third-order valence-electron chi connectivity index (χ3n) is 5.56. The number of nitrogens with one attached hydrogen (secondary N) is 1. The first-order chi connectivity index (χ1) is 17.3. The molecule has 0 spiro atoms. The number of imidazole rings is 1. The number of nitrogens with zero attached hydrogens (tertiary/aromatic N) is 3. The van der Waals surface area contributed by atoms with E-state index >= 15 is 0 Å². The maximum atomic E-state index is 5.52. The zero-order valence-corrected chi connectivity index (χ0v) is 22.6. The summed E-state index contributed by atoms with van der Waals surface area (Å²) in [5.74, 6) is 3.25. The molecule has 3 aromatic carbocycles. The number of rotatable bonds is 3. The van der Waals surface area contributed by atoms with Crippen LogP contribution in [-0.4, -0.2) is 19.9 Å². The smallest absolute Gasteiger partial charge is 0.198 e. The summed E-state index contributed by atoms with van der Waals surface area (Å²) in [6.07, 6.45) is 0. The number of H-pyrrole nitrogens is 1. The fourth-order valence-electron chi connectivity index (χ4n) is 3.52. The monoisotopic (exact) mass is 514 g/mol. The maximum absolute atomic E-state index is 5.52. The Kier molecular flexibility index (Phi) is 9.59. The molecular weight excluding hydrogens is 476 g/mol. The molecule has 194 valence electrons. The predicted molar refractivity (Wildman–Crippen MR) is 159 cm³/mol. The van der Waals surface area contributed by atoms with Gasteiger partial charge in [-0.15, -0.1) is 11.3 Å². The number of para-hydroxylation sites is 5. The summed E-state index contributed by atoms with van der Waals surface area (Å²) < 4.78 is 6.81. The lowest BCUT2D eigenvalue weighted by Gasteiger charge is -1.95. The van der Waals surface area contributed by atoms with Crippen molar-refractivity contribution in [2.24, 2.45) is 0 Å². The van der Waals surface area contributed by atoms with E-state index in [2.05, 4.69) is 79.7 Å². The fraction of sp³-hybridized carbons (Fsp3) is 0.323. The summed E-state index contributed by atoms with van der Waals surface area (Å²) in [6.45, 7) is 12.8. The Morgan fingerprint density at radius 2 is 1.27 bits per heavy atom. The lowest BCUT2D eigenvalue weighted by Crippen LogP contribution is -1.88. The van der Waals surface area contributed by atoms with Crippen LogP contribution in [0.3, 0.4) is 0 Å². The highest BCUT2D eigenvalue weighted by molar-refractivity contribution is 7.18.